The van der Waals surface area contributed by atoms with Crippen LogP contribution in [0.4, 0.5) is 11.4 Å². The molecule has 0 unspecified atom stereocenters. The van der Waals surface area contributed by atoms with Gasteiger partial charge < -0.3 is 14.5 Å². The molecule has 0 saturated carbocycles. The summed E-state index contributed by atoms with van der Waals surface area (Å²) in [5.74, 6) is -0.171. The van der Waals surface area contributed by atoms with Crippen LogP contribution in [0.1, 0.15) is 23.4 Å². The zero-order valence-corrected chi connectivity index (χ0v) is 17.1. The predicted molar refractivity (Wildman–Crippen MR) is 112 cm³/mol. The number of hydrogen-bond acceptors (Lipinski definition) is 7. The van der Waals surface area contributed by atoms with Crippen molar-refractivity contribution in [3.63, 3.8) is 0 Å². The van der Waals surface area contributed by atoms with Gasteiger partial charge in [-0.15, -0.1) is 0 Å². The van der Waals surface area contributed by atoms with Gasteiger partial charge in [-0.05, 0) is 19.9 Å². The van der Waals surface area contributed by atoms with E-state index >= 15 is 0 Å². The summed E-state index contributed by atoms with van der Waals surface area (Å²) in [6, 6.07) is 12.1. The van der Waals surface area contributed by atoms with Gasteiger partial charge in [-0.2, -0.15) is 0 Å². The van der Waals surface area contributed by atoms with Crippen LogP contribution in [0.5, 0.6) is 0 Å². The second-order valence-electron chi connectivity index (χ2n) is 6.90. The van der Waals surface area contributed by atoms with E-state index in [0.29, 0.717) is 22.9 Å². The topological polar surface area (TPSA) is 125 Å². The van der Waals surface area contributed by atoms with E-state index in [1.54, 1.807) is 6.20 Å². The average molecular weight is 423 g/mol. The molecule has 9 heteroatoms. The van der Waals surface area contributed by atoms with Crippen LogP contribution in [0.3, 0.4) is 0 Å². The van der Waals surface area contributed by atoms with Crippen molar-refractivity contribution in [3.8, 4) is 11.3 Å². The Morgan fingerprint density at radius 1 is 1.16 bits per heavy atom. The predicted octanol–water partition coefficient (Wildman–Crippen LogP) is 3.98. The maximum Gasteiger partial charge on any atom is 0.306 e. The number of oxazole rings is 1. The van der Waals surface area contributed by atoms with Crippen LogP contribution in [-0.4, -0.2) is 28.4 Å². The minimum absolute atomic E-state index is 0.00301. The van der Waals surface area contributed by atoms with Gasteiger partial charge in [-0.3, -0.25) is 19.7 Å². The van der Waals surface area contributed by atoms with Crippen molar-refractivity contribution in [2.45, 2.75) is 26.7 Å². The smallest absolute Gasteiger partial charge is 0.306 e. The third-order valence-electron chi connectivity index (χ3n) is 4.57. The minimum atomic E-state index is -0.588. The van der Waals surface area contributed by atoms with Crippen LogP contribution in [0, 0.1) is 24.0 Å². The maximum atomic E-state index is 12.0. The van der Waals surface area contributed by atoms with Crippen molar-refractivity contribution in [2.24, 2.45) is 0 Å². The molecule has 0 radical (unpaired) electrons. The summed E-state index contributed by atoms with van der Waals surface area (Å²) in [7, 11) is 0. The summed E-state index contributed by atoms with van der Waals surface area (Å²) in [5.41, 5.74) is 2.53. The quantitative estimate of drug-likeness (QED) is 0.330. The van der Waals surface area contributed by atoms with Crippen LogP contribution < -0.4 is 5.32 Å². The Kier molecular flexibility index (Phi) is 6.76. The van der Waals surface area contributed by atoms with E-state index in [0.717, 1.165) is 11.1 Å². The molecule has 0 fully saturated rings. The Bertz CT molecular complexity index is 1100. The Hall–Kier alpha value is -4.01. The molecule has 0 aliphatic heterocycles. The maximum absolute atomic E-state index is 12.0. The highest BCUT2D eigenvalue weighted by molar-refractivity contribution is 5.94. The number of nitrogens with zero attached hydrogens (tertiary/aromatic N) is 2. The third kappa shape index (κ3) is 5.75. The molecule has 160 valence electrons. The largest absolute Gasteiger partial charge is 0.456 e. The Morgan fingerprint density at radius 2 is 1.90 bits per heavy atom. The number of hydrogen-bond donors (Lipinski definition) is 1. The lowest BCUT2D eigenvalue weighted by Crippen LogP contribution is -2.21. The first kappa shape index (κ1) is 21.7. The van der Waals surface area contributed by atoms with E-state index in [-0.39, 0.29) is 18.5 Å². The van der Waals surface area contributed by atoms with Gasteiger partial charge in [0.15, 0.2) is 18.3 Å². The number of nitro groups is 1. The number of aryl methyl sites for hydroxylation is 2. The third-order valence-corrected chi connectivity index (χ3v) is 4.57. The highest BCUT2D eigenvalue weighted by Gasteiger charge is 2.16. The standard InChI is InChI=1S/C22H21N3O6/c1-14-6-8-16(9-7-14)19-12-23-21(31-19)10-11-22(27)30-13-20(26)24-17-4-3-5-18(15(17)2)25(28)29/h3-9,12H,10-11,13H2,1-2H3,(H,24,26). The average Bonchev–Trinajstić information content (AvgIpc) is 3.21. The molecule has 1 aromatic heterocycles. The second-order valence-corrected chi connectivity index (χ2v) is 6.90. The lowest BCUT2D eigenvalue weighted by molar-refractivity contribution is -0.385. The molecule has 0 saturated heterocycles. The monoisotopic (exact) mass is 423 g/mol. The van der Waals surface area contributed by atoms with Gasteiger partial charge in [-0.1, -0.05) is 35.9 Å². The van der Waals surface area contributed by atoms with Crippen molar-refractivity contribution < 1.29 is 23.7 Å². The van der Waals surface area contributed by atoms with E-state index < -0.39 is 23.4 Å². The molecular weight excluding hydrogens is 402 g/mol. The Balaban J connectivity index is 1.46. The molecule has 0 atom stereocenters. The number of esters is 1. The van der Waals surface area contributed by atoms with E-state index in [4.69, 9.17) is 9.15 Å². The lowest BCUT2D eigenvalue weighted by atomic mass is 10.1. The van der Waals surface area contributed by atoms with E-state index in [1.165, 1.54) is 25.1 Å². The molecule has 3 rings (SSSR count). The molecular formula is C22H21N3O6. The first-order chi connectivity index (χ1) is 14.8. The summed E-state index contributed by atoms with van der Waals surface area (Å²) in [6.45, 7) is 3.02. The molecule has 0 bridgehead atoms. The number of nitrogens with one attached hydrogen (secondary N) is 1. The Morgan fingerprint density at radius 3 is 2.61 bits per heavy atom. The number of carbonyl (C=O) groups is 2. The van der Waals surface area contributed by atoms with Crippen molar-refractivity contribution in [1.82, 2.24) is 4.98 Å². The molecule has 3 aromatic rings. The van der Waals surface area contributed by atoms with Crippen LogP contribution in [0.2, 0.25) is 0 Å². The molecule has 1 N–H and O–H groups in total. The molecule has 0 spiro atoms. The van der Waals surface area contributed by atoms with Crippen LogP contribution in [-0.2, 0) is 20.7 Å². The van der Waals surface area contributed by atoms with Gasteiger partial charge in [0.1, 0.15) is 0 Å². The van der Waals surface area contributed by atoms with Crippen molar-refractivity contribution in [2.75, 3.05) is 11.9 Å². The fraction of sp³-hybridized carbons (Fsp3) is 0.227. The number of carbonyl (C=O) groups excluding carboxylic acids is 2. The van der Waals surface area contributed by atoms with Gasteiger partial charge in [0, 0.05) is 18.1 Å². The van der Waals surface area contributed by atoms with E-state index in [2.05, 4.69) is 10.3 Å². The molecule has 1 heterocycles. The number of aromatic nitrogens is 1. The summed E-state index contributed by atoms with van der Waals surface area (Å²) in [4.78, 5) is 38.6. The number of nitro benzene ring substituents is 1. The normalized spacial score (nSPS) is 10.5. The SMILES string of the molecule is Cc1ccc(-c2cnc(CCC(=O)OCC(=O)Nc3cccc([N+](=O)[O-])c3C)o2)cc1. The molecule has 0 aliphatic rings. The summed E-state index contributed by atoms with van der Waals surface area (Å²) >= 11 is 0. The highest BCUT2D eigenvalue weighted by atomic mass is 16.6. The fourth-order valence-corrected chi connectivity index (χ4v) is 2.85. The van der Waals surface area contributed by atoms with Crippen LogP contribution in [0.15, 0.2) is 53.1 Å². The molecule has 0 aliphatic carbocycles. The minimum Gasteiger partial charge on any atom is -0.456 e. The lowest BCUT2D eigenvalue weighted by Gasteiger charge is -2.09. The van der Waals surface area contributed by atoms with E-state index in [1.807, 2.05) is 31.2 Å². The molecule has 9 nitrogen and oxygen atoms in total. The van der Waals surface area contributed by atoms with Gasteiger partial charge in [0.2, 0.25) is 0 Å². The van der Waals surface area contributed by atoms with Gasteiger partial charge in [-0.25, -0.2) is 4.98 Å². The van der Waals surface area contributed by atoms with Gasteiger partial charge >= 0.3 is 5.97 Å². The van der Waals surface area contributed by atoms with E-state index in [9.17, 15) is 19.7 Å². The summed E-state index contributed by atoms with van der Waals surface area (Å²) in [6.07, 6.45) is 1.83. The van der Waals surface area contributed by atoms with Crippen molar-refractivity contribution >= 4 is 23.3 Å². The number of anilines is 1. The summed E-state index contributed by atoms with van der Waals surface area (Å²) < 4.78 is 10.6. The second kappa shape index (κ2) is 9.66. The number of ether oxygens (including phenoxy) is 1. The van der Waals surface area contributed by atoms with Crippen molar-refractivity contribution in [3.05, 3.63) is 75.8 Å². The van der Waals surface area contributed by atoms with Crippen LogP contribution in [0.25, 0.3) is 11.3 Å². The highest BCUT2D eigenvalue weighted by Crippen LogP contribution is 2.25. The molecule has 2 aromatic carbocycles. The van der Waals surface area contributed by atoms with Gasteiger partial charge in [0.05, 0.1) is 28.8 Å². The first-order valence-corrected chi connectivity index (χ1v) is 9.54. The first-order valence-electron chi connectivity index (χ1n) is 9.54. The Labute approximate surface area is 178 Å². The van der Waals surface area contributed by atoms with Gasteiger partial charge in [0.25, 0.3) is 11.6 Å². The number of rotatable bonds is 8. The molecule has 31 heavy (non-hydrogen) atoms. The number of benzene rings is 2. The fourth-order valence-electron chi connectivity index (χ4n) is 2.85. The van der Waals surface area contributed by atoms with Crippen LogP contribution >= 0.6 is 0 Å². The zero-order chi connectivity index (χ0) is 22.4. The zero-order valence-electron chi connectivity index (χ0n) is 17.1. The summed E-state index contributed by atoms with van der Waals surface area (Å²) in [5, 5.41) is 13.5. The van der Waals surface area contributed by atoms with Crippen molar-refractivity contribution in [1.29, 1.82) is 0 Å². The number of amides is 1. The molecule has 1 amide bonds.